The third-order valence-electron chi connectivity index (χ3n) is 2.01. The Bertz CT molecular complexity index is 163. The molecule has 0 aromatic carbocycles. The topological polar surface area (TPSA) is 12.2 Å². The molecule has 2 nitrogen and oxygen atoms in total. The van der Waals surface area contributed by atoms with E-state index < -0.39 is 0 Å². The second-order valence-corrected chi connectivity index (χ2v) is 3.18. The molecule has 0 bridgehead atoms. The molecule has 0 fully saturated rings. The standard InChI is InChI=1S/C7H14NO.HI/c1-6-8(4)7(2,3)5-9-6;/h5H2,1-4H3;1H/q+1;/p-1. The van der Waals surface area contributed by atoms with Crippen LogP contribution in [0.2, 0.25) is 0 Å². The summed E-state index contributed by atoms with van der Waals surface area (Å²) in [5.74, 6) is 1.03. The zero-order valence-corrected chi connectivity index (χ0v) is 9.10. The van der Waals surface area contributed by atoms with Crippen molar-refractivity contribution in [2.24, 2.45) is 0 Å². The first-order chi connectivity index (χ1) is 4.04. The van der Waals surface area contributed by atoms with Crippen LogP contribution >= 0.6 is 0 Å². The van der Waals surface area contributed by atoms with Crippen molar-refractivity contribution in [1.29, 1.82) is 0 Å². The van der Waals surface area contributed by atoms with Crippen molar-refractivity contribution >= 4 is 5.90 Å². The summed E-state index contributed by atoms with van der Waals surface area (Å²) in [7, 11) is 2.06. The Balaban J connectivity index is 0.000000810. The van der Waals surface area contributed by atoms with E-state index in [2.05, 4.69) is 25.5 Å². The summed E-state index contributed by atoms with van der Waals surface area (Å²) >= 11 is 0. The molecule has 0 aromatic rings. The van der Waals surface area contributed by atoms with Gasteiger partial charge in [-0.2, -0.15) is 4.58 Å². The van der Waals surface area contributed by atoms with Gasteiger partial charge in [-0.1, -0.05) is 0 Å². The highest BCUT2D eigenvalue weighted by molar-refractivity contribution is 5.68. The molecule has 0 saturated heterocycles. The van der Waals surface area contributed by atoms with E-state index in [4.69, 9.17) is 4.74 Å². The van der Waals surface area contributed by atoms with Gasteiger partial charge in [0.25, 0.3) is 0 Å². The Morgan fingerprint density at radius 2 is 2.00 bits per heavy atom. The summed E-state index contributed by atoms with van der Waals surface area (Å²) in [6.07, 6.45) is 0. The SMILES string of the molecule is CC1=[N+](C)C(C)(C)CO1.[I-]. The predicted molar refractivity (Wildman–Crippen MR) is 36.9 cm³/mol. The highest BCUT2D eigenvalue weighted by atomic mass is 127. The first kappa shape index (κ1) is 10.2. The summed E-state index contributed by atoms with van der Waals surface area (Å²) in [5, 5.41) is 0. The molecule has 1 heterocycles. The summed E-state index contributed by atoms with van der Waals surface area (Å²) in [5.41, 5.74) is 0.198. The lowest BCUT2D eigenvalue weighted by molar-refractivity contribution is -0.563. The Kier molecular flexibility index (Phi) is 3.13. The maximum Gasteiger partial charge on any atom is 0.333 e. The van der Waals surface area contributed by atoms with Gasteiger partial charge in [0.1, 0.15) is 7.05 Å². The monoisotopic (exact) mass is 255 g/mol. The number of rotatable bonds is 0. The molecule has 0 saturated carbocycles. The molecule has 0 aliphatic carbocycles. The predicted octanol–water partition coefficient (Wildman–Crippen LogP) is -2.14. The van der Waals surface area contributed by atoms with Crippen LogP contribution in [-0.2, 0) is 4.74 Å². The highest BCUT2D eigenvalue weighted by Gasteiger charge is 2.36. The largest absolute Gasteiger partial charge is 1.00 e. The molecular weight excluding hydrogens is 241 g/mol. The number of nitrogens with zero attached hydrogens (tertiary/aromatic N) is 1. The van der Waals surface area contributed by atoms with Gasteiger partial charge in [0.2, 0.25) is 0 Å². The van der Waals surface area contributed by atoms with E-state index in [9.17, 15) is 0 Å². The summed E-state index contributed by atoms with van der Waals surface area (Å²) in [4.78, 5) is 0. The van der Waals surface area contributed by atoms with Gasteiger partial charge in [-0.15, -0.1) is 0 Å². The molecule has 0 aromatic heterocycles. The molecule has 1 rings (SSSR count). The lowest BCUT2D eigenvalue weighted by atomic mass is 10.1. The first-order valence-electron chi connectivity index (χ1n) is 3.24. The number of hydrogen-bond donors (Lipinski definition) is 0. The minimum atomic E-state index is 0. The van der Waals surface area contributed by atoms with Crippen molar-refractivity contribution in [1.82, 2.24) is 0 Å². The molecule has 0 atom stereocenters. The molecule has 0 amide bonds. The van der Waals surface area contributed by atoms with E-state index in [0.29, 0.717) is 0 Å². The third-order valence-corrected chi connectivity index (χ3v) is 2.01. The Labute approximate surface area is 79.3 Å². The van der Waals surface area contributed by atoms with Crippen LogP contribution in [0.15, 0.2) is 0 Å². The van der Waals surface area contributed by atoms with Crippen molar-refractivity contribution in [2.75, 3.05) is 13.7 Å². The number of ether oxygens (including phenoxy) is 1. The van der Waals surface area contributed by atoms with E-state index >= 15 is 0 Å². The van der Waals surface area contributed by atoms with Crippen LogP contribution in [-0.4, -0.2) is 29.7 Å². The molecule has 0 unspecified atom stereocenters. The van der Waals surface area contributed by atoms with Crippen LogP contribution in [0.4, 0.5) is 0 Å². The van der Waals surface area contributed by atoms with Crippen molar-refractivity contribution in [2.45, 2.75) is 26.3 Å². The van der Waals surface area contributed by atoms with Gasteiger partial charge < -0.3 is 28.7 Å². The Morgan fingerprint density at radius 3 is 2.10 bits per heavy atom. The minimum Gasteiger partial charge on any atom is -1.00 e. The zero-order chi connectivity index (χ0) is 7.07. The highest BCUT2D eigenvalue weighted by Crippen LogP contribution is 2.14. The van der Waals surface area contributed by atoms with Gasteiger partial charge >= 0.3 is 5.90 Å². The lowest BCUT2D eigenvalue weighted by Crippen LogP contribution is -3.00. The smallest absolute Gasteiger partial charge is 0.333 e. The molecule has 10 heavy (non-hydrogen) atoms. The normalized spacial score (nSPS) is 22.0. The maximum absolute atomic E-state index is 5.32. The van der Waals surface area contributed by atoms with E-state index in [0.717, 1.165) is 12.5 Å². The van der Waals surface area contributed by atoms with Crippen LogP contribution in [0, 0.1) is 0 Å². The summed E-state index contributed by atoms with van der Waals surface area (Å²) < 4.78 is 7.48. The van der Waals surface area contributed by atoms with E-state index in [1.807, 2.05) is 6.92 Å². The number of likely N-dealkylation sites (N-methyl/N-ethyl adjacent to an activating group) is 1. The first-order valence-corrected chi connectivity index (χ1v) is 3.24. The van der Waals surface area contributed by atoms with Crippen LogP contribution in [0.3, 0.4) is 0 Å². The van der Waals surface area contributed by atoms with Crippen LogP contribution in [0.1, 0.15) is 20.8 Å². The lowest BCUT2D eigenvalue weighted by Gasteiger charge is -2.09. The molecule has 1 aliphatic rings. The van der Waals surface area contributed by atoms with Crippen molar-refractivity contribution in [3.63, 3.8) is 0 Å². The molecule has 1 aliphatic heterocycles. The average molecular weight is 255 g/mol. The van der Waals surface area contributed by atoms with Crippen LogP contribution < -0.4 is 24.0 Å². The molecule has 0 radical (unpaired) electrons. The molecular formula is C7H14INO. The fourth-order valence-electron chi connectivity index (χ4n) is 0.901. The quantitative estimate of drug-likeness (QED) is 0.355. The maximum atomic E-state index is 5.32. The van der Waals surface area contributed by atoms with Crippen LogP contribution in [0.25, 0.3) is 0 Å². The number of halogens is 1. The zero-order valence-electron chi connectivity index (χ0n) is 6.94. The van der Waals surface area contributed by atoms with Gasteiger partial charge in [0, 0.05) is 13.8 Å². The second kappa shape index (κ2) is 3.07. The Morgan fingerprint density at radius 1 is 1.50 bits per heavy atom. The fourth-order valence-corrected chi connectivity index (χ4v) is 0.901. The molecule has 0 N–H and O–H groups in total. The van der Waals surface area contributed by atoms with E-state index in [1.165, 1.54) is 0 Å². The fraction of sp³-hybridized carbons (Fsp3) is 0.857. The van der Waals surface area contributed by atoms with Gasteiger partial charge in [-0.25, -0.2) is 0 Å². The van der Waals surface area contributed by atoms with Gasteiger partial charge in [-0.05, 0) is 0 Å². The Hall–Kier alpha value is 0.200. The second-order valence-electron chi connectivity index (χ2n) is 3.18. The minimum absolute atomic E-state index is 0. The van der Waals surface area contributed by atoms with Gasteiger partial charge in [0.05, 0.1) is 6.92 Å². The van der Waals surface area contributed by atoms with Gasteiger partial charge in [-0.3, -0.25) is 0 Å². The van der Waals surface area contributed by atoms with E-state index in [-0.39, 0.29) is 29.5 Å². The van der Waals surface area contributed by atoms with Crippen molar-refractivity contribution < 1.29 is 33.3 Å². The average Bonchev–Trinajstić information content (AvgIpc) is 1.97. The molecule has 3 heteroatoms. The summed E-state index contributed by atoms with van der Waals surface area (Å²) in [6, 6.07) is 0. The number of hydrogen-bond acceptors (Lipinski definition) is 1. The van der Waals surface area contributed by atoms with E-state index in [1.54, 1.807) is 0 Å². The van der Waals surface area contributed by atoms with Crippen LogP contribution in [0.5, 0.6) is 0 Å². The third kappa shape index (κ3) is 1.62. The van der Waals surface area contributed by atoms with Crippen molar-refractivity contribution in [3.8, 4) is 0 Å². The van der Waals surface area contributed by atoms with Crippen molar-refractivity contribution in [3.05, 3.63) is 0 Å². The summed E-state index contributed by atoms with van der Waals surface area (Å²) in [6.45, 7) is 7.15. The molecule has 60 valence electrons. The molecule has 0 spiro atoms. The van der Waals surface area contributed by atoms with Gasteiger partial charge in [0.15, 0.2) is 12.1 Å².